The van der Waals surface area contributed by atoms with Gasteiger partial charge in [-0.15, -0.1) is 0 Å². The Morgan fingerprint density at radius 3 is 1.27 bits per heavy atom. The normalized spacial score (nSPS) is 11.1. The number of benzene rings is 2. The number of hydrogen-bond donors (Lipinski definition) is 4. The van der Waals surface area contributed by atoms with Gasteiger partial charge in [-0.05, 0) is 12.1 Å². The molecule has 0 aromatic heterocycles. The Balaban J connectivity index is 0.00000420. The first-order valence-corrected chi connectivity index (χ1v) is 10.0. The molecule has 15 heteroatoms. The third kappa shape index (κ3) is 6.09. The molecule has 2 aromatic carbocycles. The number of carbonyl (C=O) groups excluding carboxylic acids is 1. The number of hydrogen-bond acceptors (Lipinski definition) is 9. The number of rotatable bonds is 6. The predicted octanol–water partition coefficient (Wildman–Crippen LogP) is -0.458. The van der Waals surface area contributed by atoms with E-state index < -0.39 is 69.9 Å². The van der Waals surface area contributed by atoms with Gasteiger partial charge in [0.25, 0.3) is 20.2 Å². The summed E-state index contributed by atoms with van der Waals surface area (Å²) in [5.74, 6) is -3.70. The average Bonchev–Trinajstić information content (AvgIpc) is 2.58. The van der Waals surface area contributed by atoms with Gasteiger partial charge in [0.05, 0.1) is 25.3 Å². The first-order chi connectivity index (χ1) is 12.8. The molecule has 0 bridgehead atoms. The fraction of sp³-hybridized carbons (Fsp3) is 0.133. The van der Waals surface area contributed by atoms with Crippen LogP contribution in [-0.2, 0) is 20.2 Å². The Kier molecular flexibility index (Phi) is 10.3. The van der Waals surface area contributed by atoms with Crippen LogP contribution >= 0.6 is 0 Å². The number of ether oxygens (including phenoxy) is 2. The number of methoxy groups -OCH3 is 2. The summed E-state index contributed by atoms with van der Waals surface area (Å²) in [7, 11) is -7.61. The van der Waals surface area contributed by atoms with Crippen LogP contribution in [0.4, 0.5) is 0 Å². The second-order valence-corrected chi connectivity index (χ2v) is 8.10. The molecule has 0 amide bonds. The molecular formula is C15H16Na2O11S2. The van der Waals surface area contributed by atoms with Gasteiger partial charge in [0.1, 0.15) is 32.8 Å². The number of phenols is 2. The Labute approximate surface area is 216 Å². The van der Waals surface area contributed by atoms with Crippen LogP contribution in [0.5, 0.6) is 23.0 Å². The molecule has 11 nitrogen and oxygen atoms in total. The second-order valence-electron chi connectivity index (χ2n) is 5.32. The molecule has 30 heavy (non-hydrogen) atoms. The maximum absolute atomic E-state index is 12.7. The van der Waals surface area contributed by atoms with Gasteiger partial charge in [-0.1, -0.05) is 0 Å². The van der Waals surface area contributed by atoms with Crippen molar-refractivity contribution in [2.75, 3.05) is 14.2 Å². The number of ketones is 1. The van der Waals surface area contributed by atoms with E-state index in [1.807, 2.05) is 0 Å². The van der Waals surface area contributed by atoms with Crippen LogP contribution in [0.2, 0.25) is 0 Å². The molecule has 0 saturated heterocycles. The molecule has 0 radical (unpaired) electrons. The average molecular weight is 482 g/mol. The molecule has 156 valence electrons. The van der Waals surface area contributed by atoms with Gasteiger partial charge in [-0.3, -0.25) is 13.9 Å². The Hall–Kier alpha value is -0.870. The third-order valence-electron chi connectivity index (χ3n) is 3.61. The van der Waals surface area contributed by atoms with E-state index >= 15 is 0 Å². The second kappa shape index (κ2) is 10.6. The van der Waals surface area contributed by atoms with Crippen LogP contribution in [0.15, 0.2) is 34.1 Å². The summed E-state index contributed by atoms with van der Waals surface area (Å²) >= 11 is 0. The fourth-order valence-electron chi connectivity index (χ4n) is 2.33. The van der Waals surface area contributed by atoms with E-state index in [1.54, 1.807) is 0 Å². The van der Waals surface area contributed by atoms with Gasteiger partial charge >= 0.3 is 59.1 Å². The first-order valence-electron chi connectivity index (χ1n) is 7.13. The van der Waals surface area contributed by atoms with Gasteiger partial charge in [-0.25, -0.2) is 0 Å². The standard InChI is InChI=1S/C15H14O11S2.2Na.2H/c1-25-11-5-9(16)7(3-13(11)27(19,20)21)15(18)8-4-14(28(22,23)24)12(26-2)6-10(8)17;;;;/h3-6,16-17H,1-2H3,(H,19,20,21)(H,22,23,24);;;;. The molecule has 0 aliphatic carbocycles. The fourth-order valence-corrected chi connectivity index (χ4v) is 3.66. The van der Waals surface area contributed by atoms with E-state index in [2.05, 4.69) is 0 Å². The molecule has 0 atom stereocenters. The molecule has 0 aliphatic rings. The zero-order valence-electron chi connectivity index (χ0n) is 14.3. The molecule has 0 saturated carbocycles. The van der Waals surface area contributed by atoms with Crippen molar-refractivity contribution in [3.8, 4) is 23.0 Å². The van der Waals surface area contributed by atoms with E-state index in [-0.39, 0.29) is 59.1 Å². The van der Waals surface area contributed by atoms with Gasteiger partial charge in [0.15, 0.2) is 0 Å². The van der Waals surface area contributed by atoms with E-state index in [0.717, 1.165) is 26.4 Å². The quantitative estimate of drug-likeness (QED) is 0.237. The minimum absolute atomic E-state index is 0. The van der Waals surface area contributed by atoms with Crippen molar-refractivity contribution < 1.29 is 50.4 Å². The monoisotopic (exact) mass is 482 g/mol. The number of aromatic hydroxyl groups is 2. The van der Waals surface area contributed by atoms with Crippen molar-refractivity contribution in [2.24, 2.45) is 0 Å². The van der Waals surface area contributed by atoms with Crippen LogP contribution in [-0.4, -0.2) is 115 Å². The van der Waals surface area contributed by atoms with Crippen molar-refractivity contribution in [2.45, 2.75) is 9.79 Å². The summed E-state index contributed by atoms with van der Waals surface area (Å²) in [4.78, 5) is 11.0. The molecule has 0 aliphatic heterocycles. The van der Waals surface area contributed by atoms with Crippen molar-refractivity contribution in [1.82, 2.24) is 0 Å². The molecule has 0 spiro atoms. The Morgan fingerprint density at radius 2 is 1.03 bits per heavy atom. The summed E-state index contributed by atoms with van der Waals surface area (Å²) in [6, 6.07) is 2.65. The SMILES string of the molecule is COc1cc(O)c(C(=O)c2cc(S(=O)(=O)O)c(OC)cc2O)cc1S(=O)(=O)O.[NaH].[NaH]. The van der Waals surface area contributed by atoms with Crippen molar-refractivity contribution in [1.29, 1.82) is 0 Å². The Bertz CT molecular complexity index is 1080. The van der Waals surface area contributed by atoms with Gasteiger partial charge in [0.2, 0.25) is 5.78 Å². The van der Waals surface area contributed by atoms with Crippen LogP contribution in [0, 0.1) is 0 Å². The zero-order valence-corrected chi connectivity index (χ0v) is 15.9. The van der Waals surface area contributed by atoms with Crippen molar-refractivity contribution >= 4 is 85.1 Å². The number of carbonyl (C=O) groups is 1. The van der Waals surface area contributed by atoms with Crippen molar-refractivity contribution in [3.05, 3.63) is 35.4 Å². The summed E-state index contributed by atoms with van der Waals surface area (Å²) < 4.78 is 73.9. The van der Waals surface area contributed by atoms with Gasteiger partial charge in [0, 0.05) is 12.1 Å². The molecular weight excluding hydrogens is 466 g/mol. The van der Waals surface area contributed by atoms with E-state index in [1.165, 1.54) is 0 Å². The van der Waals surface area contributed by atoms with Crippen molar-refractivity contribution in [3.63, 3.8) is 0 Å². The molecule has 2 aromatic rings. The van der Waals surface area contributed by atoms with Crippen LogP contribution < -0.4 is 9.47 Å². The molecule has 2 rings (SSSR count). The number of phenolic OH excluding ortho intramolecular Hbond substituents is 2. The van der Waals surface area contributed by atoms with E-state index in [4.69, 9.17) is 9.47 Å². The van der Waals surface area contributed by atoms with Gasteiger partial charge < -0.3 is 19.7 Å². The predicted molar refractivity (Wildman–Crippen MR) is 107 cm³/mol. The molecule has 0 heterocycles. The zero-order chi connectivity index (χ0) is 21.4. The summed E-state index contributed by atoms with van der Waals surface area (Å²) in [6.45, 7) is 0. The van der Waals surface area contributed by atoms with E-state index in [9.17, 15) is 40.9 Å². The molecule has 0 fully saturated rings. The topological polar surface area (TPSA) is 185 Å². The minimum atomic E-state index is -4.86. The van der Waals surface area contributed by atoms with Gasteiger partial charge in [-0.2, -0.15) is 16.8 Å². The van der Waals surface area contributed by atoms with Crippen LogP contribution in [0.1, 0.15) is 15.9 Å². The first kappa shape index (κ1) is 29.1. The summed E-state index contributed by atoms with van der Waals surface area (Å²) in [6.07, 6.45) is 0. The third-order valence-corrected chi connectivity index (χ3v) is 5.36. The molecule has 4 N–H and O–H groups in total. The van der Waals surface area contributed by atoms with E-state index in [0.29, 0.717) is 12.1 Å². The van der Waals surface area contributed by atoms with Crippen LogP contribution in [0.25, 0.3) is 0 Å². The summed E-state index contributed by atoms with van der Waals surface area (Å²) in [5.41, 5.74) is -1.40. The maximum atomic E-state index is 12.7. The van der Waals surface area contributed by atoms with Crippen LogP contribution in [0.3, 0.4) is 0 Å². The summed E-state index contributed by atoms with van der Waals surface area (Å²) in [5, 5.41) is 20.0. The molecule has 0 unspecified atom stereocenters. The Morgan fingerprint density at radius 1 is 0.733 bits per heavy atom.